The summed E-state index contributed by atoms with van der Waals surface area (Å²) in [5.41, 5.74) is -0.427. The fourth-order valence-corrected chi connectivity index (χ4v) is 6.77. The molecule has 39 heavy (non-hydrogen) atoms. The van der Waals surface area contributed by atoms with Gasteiger partial charge in [0.1, 0.15) is 6.10 Å². The largest absolute Gasteiger partial charge is 0.480 e. The molecule has 5 aliphatic rings. The molecule has 4 saturated heterocycles. The molecule has 0 radical (unpaired) electrons. The maximum atomic E-state index is 12.8. The summed E-state index contributed by atoms with van der Waals surface area (Å²) in [5, 5.41) is 22.3. The second-order valence-electron chi connectivity index (χ2n) is 11.5. The molecule has 0 unspecified atom stereocenters. The van der Waals surface area contributed by atoms with E-state index < -0.39 is 54.0 Å². The second-order valence-corrected chi connectivity index (χ2v) is 11.5. The molecule has 1 aliphatic carbocycles. The van der Waals surface area contributed by atoms with Crippen LogP contribution in [0.1, 0.15) is 71.0 Å². The molecule has 5 fully saturated rings. The number of aliphatic carboxylic acids is 1. The number of hydrogen-bond donors (Lipinski definition) is 3. The monoisotopic (exact) mass is 547 g/mol. The van der Waals surface area contributed by atoms with Gasteiger partial charge < -0.3 is 29.7 Å². The lowest BCUT2D eigenvalue weighted by Gasteiger charge is -2.59. The fourth-order valence-electron chi connectivity index (χ4n) is 6.77. The standard InChI is InChI=1S/C28H37NO10/c1-15-9-10-19-16(2)25(36-26-28(19)18(15)13-14-27(3,37-26)38-39-28)35-21(31)12-11-20(30)29-22(24(33)34)23(32)17-7-5-4-6-8-17/h4-8,15-16,18-19,22-23,25-26,32H,9-14H2,1-3H3,(H,29,30)(H,33,34)/t15-,16+,18-,19+,22-,23-,25+,26-,27+,28-/m0/s1. The van der Waals surface area contributed by atoms with Gasteiger partial charge in [-0.05, 0) is 43.6 Å². The summed E-state index contributed by atoms with van der Waals surface area (Å²) in [5.74, 6) is -3.33. The van der Waals surface area contributed by atoms with Crippen LogP contribution in [0.5, 0.6) is 0 Å². The Balaban J connectivity index is 1.20. The van der Waals surface area contributed by atoms with Crippen LogP contribution in [0.15, 0.2) is 30.3 Å². The molecule has 6 rings (SSSR count). The molecule has 1 saturated carbocycles. The first-order chi connectivity index (χ1) is 18.5. The number of nitrogens with one attached hydrogen (secondary N) is 1. The summed E-state index contributed by atoms with van der Waals surface area (Å²) in [7, 11) is 0. The Morgan fingerprint density at radius 2 is 1.82 bits per heavy atom. The SMILES string of the molecule is C[C@H]1[C@H](OC(=O)CCC(=O)N[C@H](C(=O)O)[C@@H](O)c2ccccc2)O[C@H]2O[C@@]3(C)CC[C@H]4[C@@H](C)CC[C@H]1[C@]24OO3. The third kappa shape index (κ3) is 5.18. The van der Waals surface area contributed by atoms with Crippen molar-refractivity contribution in [1.82, 2.24) is 5.32 Å². The van der Waals surface area contributed by atoms with Crippen LogP contribution in [-0.4, -0.2) is 58.1 Å². The Kier molecular flexibility index (Phi) is 7.73. The van der Waals surface area contributed by atoms with E-state index in [0.717, 1.165) is 19.3 Å². The molecule has 1 aromatic carbocycles. The number of hydrogen-bond acceptors (Lipinski definition) is 9. The first kappa shape index (κ1) is 28.0. The van der Waals surface area contributed by atoms with Crippen molar-refractivity contribution in [3.63, 3.8) is 0 Å². The van der Waals surface area contributed by atoms with Crippen LogP contribution in [0.3, 0.4) is 0 Å². The zero-order chi connectivity index (χ0) is 27.9. The molecule has 0 aromatic heterocycles. The van der Waals surface area contributed by atoms with Crippen LogP contribution in [0.25, 0.3) is 0 Å². The summed E-state index contributed by atoms with van der Waals surface area (Å²) in [6.07, 6.45) is -0.297. The summed E-state index contributed by atoms with van der Waals surface area (Å²) >= 11 is 0. The van der Waals surface area contributed by atoms with Gasteiger partial charge in [0.05, 0.1) is 6.42 Å². The average molecular weight is 548 g/mol. The van der Waals surface area contributed by atoms with Crippen LogP contribution in [-0.2, 0) is 38.4 Å². The predicted molar refractivity (Wildman–Crippen MR) is 133 cm³/mol. The van der Waals surface area contributed by atoms with Crippen LogP contribution < -0.4 is 5.32 Å². The number of esters is 1. The lowest BCUT2D eigenvalue weighted by Crippen LogP contribution is -2.70. The summed E-state index contributed by atoms with van der Waals surface area (Å²) in [6.45, 7) is 5.99. The number of amides is 1. The molecule has 214 valence electrons. The number of rotatable bonds is 8. The van der Waals surface area contributed by atoms with Gasteiger partial charge in [-0.3, -0.25) is 9.59 Å². The van der Waals surface area contributed by atoms with Gasteiger partial charge in [0.15, 0.2) is 17.9 Å². The third-order valence-corrected chi connectivity index (χ3v) is 8.94. The van der Waals surface area contributed by atoms with Crippen molar-refractivity contribution in [1.29, 1.82) is 0 Å². The Hall–Kier alpha value is -2.57. The van der Waals surface area contributed by atoms with Crippen molar-refractivity contribution in [3.8, 4) is 0 Å². The average Bonchev–Trinajstić information content (AvgIpc) is 3.14. The van der Waals surface area contributed by atoms with Gasteiger partial charge in [-0.2, -0.15) is 0 Å². The molecular weight excluding hydrogens is 510 g/mol. The topological polar surface area (TPSA) is 150 Å². The Morgan fingerprint density at radius 1 is 1.08 bits per heavy atom. The van der Waals surface area contributed by atoms with E-state index in [1.807, 2.05) is 13.8 Å². The minimum atomic E-state index is -1.57. The number of fused-ring (bicyclic) bond motifs is 2. The van der Waals surface area contributed by atoms with E-state index in [2.05, 4.69) is 12.2 Å². The molecule has 11 nitrogen and oxygen atoms in total. The van der Waals surface area contributed by atoms with Crippen molar-refractivity contribution in [2.45, 2.75) is 95.4 Å². The van der Waals surface area contributed by atoms with E-state index in [0.29, 0.717) is 17.9 Å². The number of carbonyl (C=O) groups excluding carboxylic acids is 2. The molecule has 1 amide bonds. The van der Waals surface area contributed by atoms with Gasteiger partial charge in [0, 0.05) is 24.7 Å². The zero-order valence-electron chi connectivity index (χ0n) is 22.4. The zero-order valence-corrected chi connectivity index (χ0v) is 22.4. The molecular formula is C28H37NO10. The number of aliphatic hydroxyl groups is 1. The number of carbonyl (C=O) groups is 3. The van der Waals surface area contributed by atoms with Crippen LogP contribution in [0.4, 0.5) is 0 Å². The van der Waals surface area contributed by atoms with Gasteiger partial charge in [0.25, 0.3) is 0 Å². The minimum absolute atomic E-state index is 0.0167. The van der Waals surface area contributed by atoms with E-state index in [1.54, 1.807) is 30.3 Å². The van der Waals surface area contributed by atoms with Crippen LogP contribution >= 0.6 is 0 Å². The first-order valence-corrected chi connectivity index (χ1v) is 13.7. The predicted octanol–water partition coefficient (Wildman–Crippen LogP) is 2.82. The summed E-state index contributed by atoms with van der Waals surface area (Å²) in [4.78, 5) is 48.8. The normalized spacial score (nSPS) is 38.6. The molecule has 10 atom stereocenters. The molecule has 1 spiro atoms. The van der Waals surface area contributed by atoms with Crippen molar-refractivity contribution < 1.29 is 48.6 Å². The molecule has 11 heteroatoms. The lowest BCUT2D eigenvalue weighted by molar-refractivity contribution is -0.576. The smallest absolute Gasteiger partial charge is 0.329 e. The highest BCUT2D eigenvalue weighted by Crippen LogP contribution is 2.60. The van der Waals surface area contributed by atoms with Gasteiger partial charge in [-0.15, -0.1) is 0 Å². The van der Waals surface area contributed by atoms with Crippen molar-refractivity contribution in [2.75, 3.05) is 0 Å². The van der Waals surface area contributed by atoms with Crippen molar-refractivity contribution >= 4 is 17.8 Å². The highest BCUT2D eigenvalue weighted by molar-refractivity contribution is 5.86. The third-order valence-electron chi connectivity index (χ3n) is 8.94. The highest BCUT2D eigenvalue weighted by Gasteiger charge is 2.69. The number of benzene rings is 1. The fraction of sp³-hybridized carbons (Fsp3) is 0.679. The number of aliphatic hydroxyl groups excluding tert-OH is 1. The van der Waals surface area contributed by atoms with Crippen LogP contribution in [0, 0.1) is 23.7 Å². The minimum Gasteiger partial charge on any atom is -0.480 e. The molecule has 3 N–H and O–H groups in total. The van der Waals surface area contributed by atoms with Gasteiger partial charge in [-0.25, -0.2) is 14.6 Å². The summed E-state index contributed by atoms with van der Waals surface area (Å²) in [6, 6.07) is 6.61. The molecule has 4 heterocycles. The Labute approximate surface area is 227 Å². The Bertz CT molecular complexity index is 1080. The van der Waals surface area contributed by atoms with Gasteiger partial charge in [0.2, 0.25) is 18.0 Å². The molecule has 2 bridgehead atoms. The van der Waals surface area contributed by atoms with E-state index in [4.69, 9.17) is 24.0 Å². The van der Waals surface area contributed by atoms with E-state index in [9.17, 15) is 24.6 Å². The number of ether oxygens (including phenoxy) is 3. The lowest BCUT2D eigenvalue weighted by atomic mass is 9.58. The van der Waals surface area contributed by atoms with E-state index in [-0.39, 0.29) is 30.6 Å². The number of carboxylic acid groups (broad SMARTS) is 1. The number of carboxylic acids is 1. The van der Waals surface area contributed by atoms with Gasteiger partial charge >= 0.3 is 11.9 Å². The van der Waals surface area contributed by atoms with Crippen LogP contribution in [0.2, 0.25) is 0 Å². The highest BCUT2D eigenvalue weighted by atomic mass is 17.3. The first-order valence-electron chi connectivity index (χ1n) is 13.7. The van der Waals surface area contributed by atoms with E-state index >= 15 is 0 Å². The van der Waals surface area contributed by atoms with Crippen molar-refractivity contribution in [3.05, 3.63) is 35.9 Å². The van der Waals surface area contributed by atoms with Gasteiger partial charge in [-0.1, -0.05) is 44.2 Å². The molecule has 1 aromatic rings. The van der Waals surface area contributed by atoms with Crippen molar-refractivity contribution in [2.24, 2.45) is 23.7 Å². The maximum Gasteiger partial charge on any atom is 0.329 e. The quantitative estimate of drug-likeness (QED) is 0.327. The van der Waals surface area contributed by atoms with E-state index in [1.165, 1.54) is 0 Å². The second kappa shape index (κ2) is 10.8. The molecule has 4 aliphatic heterocycles. The Morgan fingerprint density at radius 3 is 2.54 bits per heavy atom. The summed E-state index contributed by atoms with van der Waals surface area (Å²) < 4.78 is 18.2. The maximum absolute atomic E-state index is 12.8.